The topological polar surface area (TPSA) is 77.3 Å². The Kier molecular flexibility index (Phi) is 6.13. The standard InChI is InChI=1S/C24H22N4O3S/c1-16-5-10-22(17(2)13-16)28(18(3)29)24-26-20(15-32-24)14-31-23(30)19-6-8-21(9-7-19)27-12-4-11-25-27/h4-13,15H,14H2,1-3H3. The number of aryl methyl sites for hydroxylation is 2. The molecule has 32 heavy (non-hydrogen) atoms. The first-order chi connectivity index (χ1) is 15.4. The number of nitrogens with zero attached hydrogens (tertiary/aromatic N) is 4. The van der Waals surface area contributed by atoms with E-state index in [0.29, 0.717) is 16.4 Å². The van der Waals surface area contributed by atoms with Crippen LogP contribution in [0.4, 0.5) is 10.8 Å². The van der Waals surface area contributed by atoms with E-state index in [4.69, 9.17) is 4.74 Å². The average Bonchev–Trinajstić information content (AvgIpc) is 3.46. The molecular formula is C24H22N4O3S. The molecule has 0 aliphatic rings. The molecule has 8 heteroatoms. The molecule has 162 valence electrons. The number of ether oxygens (including phenoxy) is 1. The van der Waals surface area contributed by atoms with Crippen LogP contribution in [0.1, 0.15) is 34.1 Å². The SMILES string of the molecule is CC(=O)N(c1nc(COC(=O)c2ccc(-n3cccn3)cc2)cs1)c1ccc(C)cc1C. The quantitative estimate of drug-likeness (QED) is 0.390. The van der Waals surface area contributed by atoms with E-state index < -0.39 is 5.97 Å². The highest BCUT2D eigenvalue weighted by Gasteiger charge is 2.20. The highest BCUT2D eigenvalue weighted by molar-refractivity contribution is 7.14. The minimum Gasteiger partial charge on any atom is -0.456 e. The summed E-state index contributed by atoms with van der Waals surface area (Å²) in [6.07, 6.45) is 3.52. The van der Waals surface area contributed by atoms with Crippen LogP contribution in [0.5, 0.6) is 0 Å². The summed E-state index contributed by atoms with van der Waals surface area (Å²) < 4.78 is 7.13. The number of anilines is 2. The summed E-state index contributed by atoms with van der Waals surface area (Å²) in [4.78, 5) is 30.9. The summed E-state index contributed by atoms with van der Waals surface area (Å²) in [6.45, 7) is 5.50. The maximum absolute atomic E-state index is 12.4. The molecule has 4 rings (SSSR count). The zero-order chi connectivity index (χ0) is 22.7. The van der Waals surface area contributed by atoms with Crippen LogP contribution in [0.2, 0.25) is 0 Å². The van der Waals surface area contributed by atoms with Crippen LogP contribution in [0, 0.1) is 13.8 Å². The first-order valence-corrected chi connectivity index (χ1v) is 10.9. The van der Waals surface area contributed by atoms with Gasteiger partial charge in [0.15, 0.2) is 5.13 Å². The summed E-state index contributed by atoms with van der Waals surface area (Å²) >= 11 is 1.33. The van der Waals surface area contributed by atoms with E-state index >= 15 is 0 Å². The van der Waals surface area contributed by atoms with Crippen LogP contribution in [-0.2, 0) is 16.1 Å². The Labute approximate surface area is 189 Å². The van der Waals surface area contributed by atoms with Gasteiger partial charge in [-0.3, -0.25) is 9.69 Å². The Morgan fingerprint density at radius 2 is 1.91 bits per heavy atom. The van der Waals surface area contributed by atoms with Crippen molar-refractivity contribution >= 4 is 34.0 Å². The van der Waals surface area contributed by atoms with Crippen molar-refractivity contribution < 1.29 is 14.3 Å². The lowest BCUT2D eigenvalue weighted by atomic mass is 10.1. The zero-order valence-corrected chi connectivity index (χ0v) is 18.8. The van der Waals surface area contributed by atoms with E-state index in [1.165, 1.54) is 18.3 Å². The van der Waals surface area contributed by atoms with Crippen molar-refractivity contribution in [3.8, 4) is 5.69 Å². The fourth-order valence-corrected chi connectivity index (χ4v) is 4.19. The number of benzene rings is 2. The molecule has 0 spiro atoms. The summed E-state index contributed by atoms with van der Waals surface area (Å²) in [5.41, 5.74) is 4.78. The van der Waals surface area contributed by atoms with Gasteiger partial charge in [-0.25, -0.2) is 14.5 Å². The lowest BCUT2D eigenvalue weighted by molar-refractivity contribution is -0.115. The average molecular weight is 447 g/mol. The Morgan fingerprint density at radius 1 is 1.12 bits per heavy atom. The van der Waals surface area contributed by atoms with Gasteiger partial charge in [-0.05, 0) is 55.8 Å². The second-order valence-corrected chi connectivity index (χ2v) is 8.18. The molecule has 0 unspecified atom stereocenters. The van der Waals surface area contributed by atoms with Crippen molar-refractivity contribution in [2.45, 2.75) is 27.4 Å². The molecule has 0 radical (unpaired) electrons. The van der Waals surface area contributed by atoms with Crippen LogP contribution in [0.15, 0.2) is 66.3 Å². The number of hydrogen-bond acceptors (Lipinski definition) is 6. The number of aromatic nitrogens is 3. The minimum absolute atomic E-state index is 0.0227. The number of rotatable bonds is 6. The smallest absolute Gasteiger partial charge is 0.338 e. The van der Waals surface area contributed by atoms with Crippen LogP contribution in [0.3, 0.4) is 0 Å². The number of amides is 1. The predicted octanol–water partition coefficient (Wildman–Crippen LogP) is 4.99. The second kappa shape index (κ2) is 9.15. The lowest BCUT2D eigenvalue weighted by Gasteiger charge is -2.20. The molecule has 0 saturated heterocycles. The zero-order valence-electron chi connectivity index (χ0n) is 18.0. The fourth-order valence-electron chi connectivity index (χ4n) is 3.32. The van der Waals surface area contributed by atoms with Gasteiger partial charge < -0.3 is 4.74 Å². The first kappa shape index (κ1) is 21.5. The lowest BCUT2D eigenvalue weighted by Crippen LogP contribution is -2.23. The molecule has 0 saturated carbocycles. The monoisotopic (exact) mass is 446 g/mol. The molecule has 0 bridgehead atoms. The predicted molar refractivity (Wildman–Crippen MR) is 124 cm³/mol. The summed E-state index contributed by atoms with van der Waals surface area (Å²) in [7, 11) is 0. The Balaban J connectivity index is 1.44. The molecule has 7 nitrogen and oxygen atoms in total. The molecule has 1 amide bonds. The molecule has 0 atom stereocenters. The Bertz CT molecular complexity index is 1250. The van der Waals surface area contributed by atoms with Gasteiger partial charge in [-0.1, -0.05) is 17.7 Å². The number of hydrogen-bond donors (Lipinski definition) is 0. The molecule has 0 N–H and O–H groups in total. The largest absolute Gasteiger partial charge is 0.456 e. The minimum atomic E-state index is -0.440. The van der Waals surface area contributed by atoms with Crippen molar-refractivity contribution in [2.24, 2.45) is 0 Å². The van der Waals surface area contributed by atoms with E-state index in [-0.39, 0.29) is 12.5 Å². The van der Waals surface area contributed by atoms with Crippen LogP contribution < -0.4 is 4.90 Å². The number of carbonyl (C=O) groups excluding carboxylic acids is 2. The highest BCUT2D eigenvalue weighted by atomic mass is 32.1. The van der Waals surface area contributed by atoms with E-state index in [0.717, 1.165) is 22.5 Å². The summed E-state index contributed by atoms with van der Waals surface area (Å²) in [5.74, 6) is -0.573. The van der Waals surface area contributed by atoms with Crippen molar-refractivity contribution in [3.05, 3.63) is 88.7 Å². The van der Waals surface area contributed by atoms with Crippen molar-refractivity contribution in [1.82, 2.24) is 14.8 Å². The number of carbonyl (C=O) groups is 2. The maximum Gasteiger partial charge on any atom is 0.338 e. The highest BCUT2D eigenvalue weighted by Crippen LogP contribution is 2.32. The Hall–Kier alpha value is -3.78. The van der Waals surface area contributed by atoms with Crippen LogP contribution in [0.25, 0.3) is 5.69 Å². The van der Waals surface area contributed by atoms with Gasteiger partial charge in [0, 0.05) is 24.7 Å². The molecule has 2 aromatic carbocycles. The number of esters is 1. The van der Waals surface area contributed by atoms with Crippen molar-refractivity contribution in [2.75, 3.05) is 4.90 Å². The molecule has 2 aromatic heterocycles. The number of thiazole rings is 1. The third-order valence-electron chi connectivity index (χ3n) is 4.86. The third kappa shape index (κ3) is 4.60. The molecular weight excluding hydrogens is 424 g/mol. The molecule has 0 aliphatic carbocycles. The normalized spacial score (nSPS) is 10.7. The molecule has 0 fully saturated rings. The molecule has 4 aromatic rings. The van der Waals surface area contributed by atoms with Crippen LogP contribution in [-0.4, -0.2) is 26.6 Å². The van der Waals surface area contributed by atoms with Gasteiger partial charge in [-0.15, -0.1) is 11.3 Å². The summed E-state index contributed by atoms with van der Waals surface area (Å²) in [5, 5.41) is 6.50. The first-order valence-electron chi connectivity index (χ1n) is 10.0. The van der Waals surface area contributed by atoms with E-state index in [1.807, 2.05) is 44.3 Å². The summed E-state index contributed by atoms with van der Waals surface area (Å²) in [6, 6.07) is 14.7. The van der Waals surface area contributed by atoms with E-state index in [1.54, 1.807) is 45.4 Å². The van der Waals surface area contributed by atoms with Gasteiger partial charge in [0.1, 0.15) is 6.61 Å². The van der Waals surface area contributed by atoms with Gasteiger partial charge in [-0.2, -0.15) is 5.10 Å². The molecule has 2 heterocycles. The van der Waals surface area contributed by atoms with Crippen LogP contribution >= 0.6 is 11.3 Å². The second-order valence-electron chi connectivity index (χ2n) is 7.34. The van der Waals surface area contributed by atoms with Crippen molar-refractivity contribution in [3.63, 3.8) is 0 Å². The fraction of sp³-hybridized carbons (Fsp3) is 0.167. The van der Waals surface area contributed by atoms with Gasteiger partial charge in [0.05, 0.1) is 22.6 Å². The van der Waals surface area contributed by atoms with Gasteiger partial charge in [0.2, 0.25) is 5.91 Å². The maximum atomic E-state index is 12.4. The third-order valence-corrected chi connectivity index (χ3v) is 5.74. The Morgan fingerprint density at radius 3 is 2.56 bits per heavy atom. The van der Waals surface area contributed by atoms with Gasteiger partial charge >= 0.3 is 5.97 Å². The molecule has 0 aliphatic heterocycles. The van der Waals surface area contributed by atoms with E-state index in [9.17, 15) is 9.59 Å². The van der Waals surface area contributed by atoms with Crippen molar-refractivity contribution in [1.29, 1.82) is 0 Å². The van der Waals surface area contributed by atoms with Gasteiger partial charge in [0.25, 0.3) is 0 Å². The van der Waals surface area contributed by atoms with E-state index in [2.05, 4.69) is 10.1 Å².